The van der Waals surface area contributed by atoms with Crippen LogP contribution in [0, 0.1) is 5.92 Å². The predicted molar refractivity (Wildman–Crippen MR) is 73.9 cm³/mol. The van der Waals surface area contributed by atoms with Gasteiger partial charge in [0.15, 0.2) is 0 Å². The zero-order valence-corrected chi connectivity index (χ0v) is 12.0. The first-order chi connectivity index (χ1) is 9.00. The van der Waals surface area contributed by atoms with Crippen molar-refractivity contribution >= 4 is 11.9 Å². The summed E-state index contributed by atoms with van der Waals surface area (Å²) in [5, 5.41) is 12.0. The number of amides is 1. The highest BCUT2D eigenvalue weighted by Gasteiger charge is 2.22. The van der Waals surface area contributed by atoms with Crippen molar-refractivity contribution in [3.05, 3.63) is 0 Å². The molecule has 0 saturated carbocycles. The Bertz CT molecular complexity index is 299. The van der Waals surface area contributed by atoms with Crippen molar-refractivity contribution in [1.29, 1.82) is 0 Å². The van der Waals surface area contributed by atoms with Crippen molar-refractivity contribution in [2.45, 2.75) is 52.0 Å². The van der Waals surface area contributed by atoms with Gasteiger partial charge in [-0.1, -0.05) is 0 Å². The van der Waals surface area contributed by atoms with Crippen LogP contribution in [0.2, 0.25) is 0 Å². The van der Waals surface area contributed by atoms with E-state index < -0.39 is 5.97 Å². The predicted octanol–water partition coefficient (Wildman–Crippen LogP) is 1.48. The number of carboxylic acids is 1. The number of hydrogen-bond acceptors (Lipinski definition) is 3. The average Bonchev–Trinajstić information content (AvgIpc) is 2.35. The van der Waals surface area contributed by atoms with E-state index in [1.807, 2.05) is 18.7 Å². The second kappa shape index (κ2) is 8.15. The molecule has 0 aromatic rings. The highest BCUT2D eigenvalue weighted by molar-refractivity contribution is 5.76. The number of carbonyl (C=O) groups is 2. The van der Waals surface area contributed by atoms with Crippen LogP contribution < -0.4 is 5.32 Å². The first kappa shape index (κ1) is 16.0. The Hall–Kier alpha value is -1.10. The lowest BCUT2D eigenvalue weighted by Gasteiger charge is -2.30. The fourth-order valence-electron chi connectivity index (χ4n) is 2.53. The number of hydrogen-bond donors (Lipinski definition) is 2. The lowest BCUT2D eigenvalue weighted by Crippen LogP contribution is -2.40. The molecular formula is C14H26N2O3. The molecule has 5 heteroatoms. The van der Waals surface area contributed by atoms with E-state index in [1.54, 1.807) is 0 Å². The van der Waals surface area contributed by atoms with Crippen LogP contribution in [0.25, 0.3) is 0 Å². The molecule has 1 unspecified atom stereocenters. The topological polar surface area (TPSA) is 69.6 Å². The maximum absolute atomic E-state index is 12.3. The van der Waals surface area contributed by atoms with Gasteiger partial charge in [0.25, 0.3) is 0 Å². The van der Waals surface area contributed by atoms with E-state index in [2.05, 4.69) is 5.32 Å². The monoisotopic (exact) mass is 270 g/mol. The SMILES string of the molecule is CC(C)N(CCCC(=O)O)C(=O)CC1CCCNC1. The molecule has 1 amide bonds. The van der Waals surface area contributed by atoms with Gasteiger partial charge in [-0.3, -0.25) is 9.59 Å². The zero-order chi connectivity index (χ0) is 14.3. The molecular weight excluding hydrogens is 244 g/mol. The van der Waals surface area contributed by atoms with Crippen LogP contribution in [-0.4, -0.2) is 47.6 Å². The van der Waals surface area contributed by atoms with E-state index in [4.69, 9.17) is 5.11 Å². The van der Waals surface area contributed by atoms with E-state index in [-0.39, 0.29) is 18.4 Å². The molecule has 5 nitrogen and oxygen atoms in total. The van der Waals surface area contributed by atoms with Gasteiger partial charge in [0.05, 0.1) is 0 Å². The summed E-state index contributed by atoms with van der Waals surface area (Å²) in [5.41, 5.74) is 0. The van der Waals surface area contributed by atoms with E-state index >= 15 is 0 Å². The van der Waals surface area contributed by atoms with Crippen LogP contribution in [-0.2, 0) is 9.59 Å². The van der Waals surface area contributed by atoms with Crippen LogP contribution in [0.4, 0.5) is 0 Å². The minimum Gasteiger partial charge on any atom is -0.481 e. The third-order valence-corrected chi connectivity index (χ3v) is 3.60. The van der Waals surface area contributed by atoms with Crippen LogP contribution in [0.1, 0.15) is 46.0 Å². The third-order valence-electron chi connectivity index (χ3n) is 3.60. The molecule has 2 N–H and O–H groups in total. The molecule has 1 fully saturated rings. The van der Waals surface area contributed by atoms with Crippen molar-refractivity contribution in [3.8, 4) is 0 Å². The van der Waals surface area contributed by atoms with Gasteiger partial charge < -0.3 is 15.3 Å². The highest BCUT2D eigenvalue weighted by Crippen LogP contribution is 2.16. The van der Waals surface area contributed by atoms with Gasteiger partial charge >= 0.3 is 5.97 Å². The van der Waals surface area contributed by atoms with Crippen molar-refractivity contribution in [3.63, 3.8) is 0 Å². The van der Waals surface area contributed by atoms with Crippen molar-refractivity contribution in [2.75, 3.05) is 19.6 Å². The Morgan fingerprint density at radius 3 is 2.68 bits per heavy atom. The molecule has 1 saturated heterocycles. The second-order valence-electron chi connectivity index (χ2n) is 5.59. The Labute approximate surface area is 115 Å². The molecule has 0 aliphatic carbocycles. The van der Waals surface area contributed by atoms with Gasteiger partial charge in [-0.25, -0.2) is 0 Å². The van der Waals surface area contributed by atoms with E-state index in [1.165, 1.54) is 0 Å². The van der Waals surface area contributed by atoms with Crippen molar-refractivity contribution < 1.29 is 14.7 Å². The van der Waals surface area contributed by atoms with Crippen LogP contribution >= 0.6 is 0 Å². The first-order valence-electron chi connectivity index (χ1n) is 7.22. The zero-order valence-electron chi connectivity index (χ0n) is 12.0. The maximum atomic E-state index is 12.3. The largest absolute Gasteiger partial charge is 0.481 e. The smallest absolute Gasteiger partial charge is 0.303 e. The summed E-state index contributed by atoms with van der Waals surface area (Å²) in [6.07, 6.45) is 3.49. The third kappa shape index (κ3) is 6.05. The lowest BCUT2D eigenvalue weighted by molar-refractivity contribution is -0.139. The normalized spacial score (nSPS) is 19.4. The molecule has 0 spiro atoms. The molecule has 1 aliphatic heterocycles. The number of carbonyl (C=O) groups excluding carboxylic acids is 1. The minimum absolute atomic E-state index is 0.126. The molecule has 1 rings (SSSR count). The molecule has 0 aromatic carbocycles. The fourth-order valence-corrected chi connectivity index (χ4v) is 2.53. The highest BCUT2D eigenvalue weighted by atomic mass is 16.4. The summed E-state index contributed by atoms with van der Waals surface area (Å²) in [7, 11) is 0. The first-order valence-corrected chi connectivity index (χ1v) is 7.22. The van der Waals surface area contributed by atoms with E-state index in [0.717, 1.165) is 25.9 Å². The fraction of sp³-hybridized carbons (Fsp3) is 0.857. The van der Waals surface area contributed by atoms with Gasteiger partial charge in [-0.05, 0) is 52.1 Å². The van der Waals surface area contributed by atoms with Gasteiger partial charge in [-0.15, -0.1) is 0 Å². The minimum atomic E-state index is -0.798. The van der Waals surface area contributed by atoms with E-state index in [9.17, 15) is 9.59 Å². The molecule has 0 bridgehead atoms. The number of nitrogens with one attached hydrogen (secondary N) is 1. The molecule has 1 aliphatic rings. The Morgan fingerprint density at radius 2 is 2.16 bits per heavy atom. The van der Waals surface area contributed by atoms with Crippen LogP contribution in [0.15, 0.2) is 0 Å². The molecule has 1 heterocycles. The summed E-state index contributed by atoms with van der Waals surface area (Å²) >= 11 is 0. The van der Waals surface area contributed by atoms with Gasteiger partial charge in [0, 0.05) is 25.4 Å². The number of carboxylic acid groups (broad SMARTS) is 1. The van der Waals surface area contributed by atoms with Gasteiger partial charge in [0.2, 0.25) is 5.91 Å². The summed E-state index contributed by atoms with van der Waals surface area (Å²) in [4.78, 5) is 24.6. The molecule has 19 heavy (non-hydrogen) atoms. The van der Waals surface area contributed by atoms with Crippen molar-refractivity contribution in [2.24, 2.45) is 5.92 Å². The number of rotatable bonds is 7. The average molecular weight is 270 g/mol. The number of nitrogens with zero attached hydrogens (tertiary/aromatic N) is 1. The summed E-state index contributed by atoms with van der Waals surface area (Å²) in [6, 6.07) is 0.137. The summed E-state index contributed by atoms with van der Waals surface area (Å²) in [6.45, 7) is 6.49. The number of piperidine rings is 1. The molecule has 110 valence electrons. The Kier molecular flexibility index (Phi) is 6.84. The Morgan fingerprint density at radius 1 is 1.42 bits per heavy atom. The standard InChI is InChI=1S/C14H26N2O3/c1-11(2)16(8-4-6-14(18)19)13(17)9-12-5-3-7-15-10-12/h11-12,15H,3-10H2,1-2H3,(H,18,19). The van der Waals surface area contributed by atoms with E-state index in [0.29, 0.717) is 25.3 Å². The second-order valence-corrected chi connectivity index (χ2v) is 5.59. The lowest BCUT2D eigenvalue weighted by atomic mass is 9.95. The van der Waals surface area contributed by atoms with Crippen molar-refractivity contribution in [1.82, 2.24) is 10.2 Å². The van der Waals surface area contributed by atoms with Crippen LogP contribution in [0.5, 0.6) is 0 Å². The molecule has 0 aromatic heterocycles. The quantitative estimate of drug-likeness (QED) is 0.735. The summed E-state index contributed by atoms with van der Waals surface area (Å²) < 4.78 is 0. The maximum Gasteiger partial charge on any atom is 0.303 e. The summed E-state index contributed by atoms with van der Waals surface area (Å²) in [5.74, 6) is -0.205. The van der Waals surface area contributed by atoms with Crippen LogP contribution in [0.3, 0.4) is 0 Å². The molecule has 0 radical (unpaired) electrons. The number of aliphatic carboxylic acids is 1. The van der Waals surface area contributed by atoms with Gasteiger partial charge in [-0.2, -0.15) is 0 Å². The Balaban J connectivity index is 2.40. The molecule has 1 atom stereocenters. The van der Waals surface area contributed by atoms with Gasteiger partial charge in [0.1, 0.15) is 0 Å².